The summed E-state index contributed by atoms with van der Waals surface area (Å²) in [5.41, 5.74) is 1.73. The number of hydrogen-bond acceptors (Lipinski definition) is 3. The van der Waals surface area contributed by atoms with Gasteiger partial charge in [0.15, 0.2) is 0 Å². The molecule has 1 aliphatic rings. The number of nitrogens with one attached hydrogen (secondary N) is 1. The van der Waals surface area contributed by atoms with E-state index in [-0.39, 0.29) is 5.54 Å². The van der Waals surface area contributed by atoms with Gasteiger partial charge in [-0.2, -0.15) is 11.3 Å². The van der Waals surface area contributed by atoms with Gasteiger partial charge in [0, 0.05) is 24.7 Å². The molecular formula is C15H26N2S. The lowest BCUT2D eigenvalue weighted by molar-refractivity contribution is 0.236. The summed E-state index contributed by atoms with van der Waals surface area (Å²) in [7, 11) is 0. The van der Waals surface area contributed by atoms with Crippen LogP contribution in [0, 0.1) is 0 Å². The molecule has 1 unspecified atom stereocenters. The Kier molecular flexibility index (Phi) is 4.82. The van der Waals surface area contributed by atoms with Crippen LogP contribution >= 0.6 is 11.3 Å². The van der Waals surface area contributed by atoms with Crippen LogP contribution in [0.2, 0.25) is 0 Å². The Morgan fingerprint density at radius 1 is 1.44 bits per heavy atom. The molecule has 0 aromatic carbocycles. The van der Waals surface area contributed by atoms with E-state index in [4.69, 9.17) is 0 Å². The van der Waals surface area contributed by atoms with Crippen LogP contribution in [0.3, 0.4) is 0 Å². The largest absolute Gasteiger partial charge is 0.311 e. The quantitative estimate of drug-likeness (QED) is 0.881. The fourth-order valence-electron chi connectivity index (χ4n) is 2.55. The Bertz CT molecular complexity index is 340. The van der Waals surface area contributed by atoms with Gasteiger partial charge in [0.1, 0.15) is 0 Å². The Morgan fingerprint density at radius 2 is 2.28 bits per heavy atom. The molecule has 1 N–H and O–H groups in total. The molecule has 102 valence electrons. The maximum Gasteiger partial charge on any atom is 0.0221 e. The van der Waals surface area contributed by atoms with Gasteiger partial charge in [-0.3, -0.25) is 4.90 Å². The number of nitrogens with zero attached hydrogens (tertiary/aromatic N) is 1. The van der Waals surface area contributed by atoms with Crippen molar-refractivity contribution in [2.45, 2.75) is 51.6 Å². The third kappa shape index (κ3) is 4.38. The smallest absolute Gasteiger partial charge is 0.0221 e. The maximum atomic E-state index is 3.65. The van der Waals surface area contributed by atoms with Gasteiger partial charge >= 0.3 is 0 Å². The topological polar surface area (TPSA) is 15.3 Å². The zero-order valence-corrected chi connectivity index (χ0v) is 12.7. The van der Waals surface area contributed by atoms with E-state index in [0.29, 0.717) is 0 Å². The first-order valence-corrected chi connectivity index (χ1v) is 7.99. The minimum atomic E-state index is 0.238. The molecule has 0 saturated carbocycles. The van der Waals surface area contributed by atoms with Crippen molar-refractivity contribution in [3.8, 4) is 0 Å². The molecule has 2 rings (SSSR count). The standard InChI is InChI=1S/C15H26N2S/c1-15(2,3)16-11-14-5-4-8-17(14)9-6-13-7-10-18-12-13/h7,10,12,14,16H,4-6,8-9,11H2,1-3H3. The van der Waals surface area contributed by atoms with E-state index in [2.05, 4.69) is 47.8 Å². The Morgan fingerprint density at radius 3 is 2.94 bits per heavy atom. The summed E-state index contributed by atoms with van der Waals surface area (Å²) in [5, 5.41) is 8.10. The lowest BCUT2D eigenvalue weighted by Crippen LogP contribution is -2.45. The highest BCUT2D eigenvalue weighted by atomic mass is 32.1. The number of rotatable bonds is 5. The molecular weight excluding hydrogens is 240 g/mol. The van der Waals surface area contributed by atoms with Crippen LogP contribution in [0.25, 0.3) is 0 Å². The molecule has 2 nitrogen and oxygen atoms in total. The summed E-state index contributed by atoms with van der Waals surface area (Å²) in [5.74, 6) is 0. The van der Waals surface area contributed by atoms with Crippen molar-refractivity contribution in [1.29, 1.82) is 0 Å². The fourth-order valence-corrected chi connectivity index (χ4v) is 3.26. The zero-order chi connectivity index (χ0) is 13.0. The SMILES string of the molecule is CC(C)(C)NCC1CCCN1CCc1ccsc1. The van der Waals surface area contributed by atoms with Gasteiger partial charge in [-0.25, -0.2) is 0 Å². The lowest BCUT2D eigenvalue weighted by Gasteiger charge is -2.29. The van der Waals surface area contributed by atoms with Crippen LogP contribution in [0.4, 0.5) is 0 Å². The van der Waals surface area contributed by atoms with E-state index in [1.54, 1.807) is 11.3 Å². The van der Waals surface area contributed by atoms with Crippen LogP contribution in [0.1, 0.15) is 39.2 Å². The van der Waals surface area contributed by atoms with Gasteiger partial charge in [-0.05, 0) is 69.0 Å². The second-order valence-electron chi connectivity index (χ2n) is 6.34. The molecule has 3 heteroatoms. The van der Waals surface area contributed by atoms with E-state index >= 15 is 0 Å². The van der Waals surface area contributed by atoms with Crippen molar-refractivity contribution in [3.05, 3.63) is 22.4 Å². The maximum absolute atomic E-state index is 3.65. The second kappa shape index (κ2) is 6.18. The molecule has 1 aliphatic heterocycles. The summed E-state index contributed by atoms with van der Waals surface area (Å²) in [4.78, 5) is 2.66. The van der Waals surface area contributed by atoms with E-state index in [1.807, 2.05) is 0 Å². The first-order valence-electron chi connectivity index (χ1n) is 7.05. The highest BCUT2D eigenvalue weighted by Gasteiger charge is 2.25. The highest BCUT2D eigenvalue weighted by molar-refractivity contribution is 7.07. The average molecular weight is 266 g/mol. The summed E-state index contributed by atoms with van der Waals surface area (Å²) >= 11 is 1.81. The first kappa shape index (κ1) is 14.0. The van der Waals surface area contributed by atoms with Crippen LogP contribution in [-0.4, -0.2) is 36.1 Å². The van der Waals surface area contributed by atoms with Gasteiger partial charge in [0.05, 0.1) is 0 Å². The zero-order valence-electron chi connectivity index (χ0n) is 11.9. The third-order valence-electron chi connectivity index (χ3n) is 3.63. The normalized spacial score (nSPS) is 21.6. The highest BCUT2D eigenvalue weighted by Crippen LogP contribution is 2.18. The molecule has 2 heterocycles. The third-order valence-corrected chi connectivity index (χ3v) is 4.37. The molecule has 0 radical (unpaired) electrons. The predicted octanol–water partition coefficient (Wildman–Crippen LogP) is 3.14. The summed E-state index contributed by atoms with van der Waals surface area (Å²) in [6.45, 7) is 10.4. The van der Waals surface area contributed by atoms with E-state index < -0.39 is 0 Å². The molecule has 0 bridgehead atoms. The molecule has 0 aliphatic carbocycles. The van der Waals surface area contributed by atoms with E-state index in [9.17, 15) is 0 Å². The van der Waals surface area contributed by atoms with Crippen molar-refractivity contribution in [2.24, 2.45) is 0 Å². The molecule has 0 spiro atoms. The van der Waals surface area contributed by atoms with Crippen molar-refractivity contribution < 1.29 is 0 Å². The minimum absolute atomic E-state index is 0.238. The Labute approximate surface area is 115 Å². The number of thiophene rings is 1. The monoisotopic (exact) mass is 266 g/mol. The Hall–Kier alpha value is -0.380. The number of likely N-dealkylation sites (tertiary alicyclic amines) is 1. The van der Waals surface area contributed by atoms with Gasteiger partial charge in [0.2, 0.25) is 0 Å². The van der Waals surface area contributed by atoms with E-state index in [1.165, 1.54) is 37.9 Å². The van der Waals surface area contributed by atoms with Crippen molar-refractivity contribution in [2.75, 3.05) is 19.6 Å². The summed E-state index contributed by atoms with van der Waals surface area (Å²) in [6.07, 6.45) is 3.92. The van der Waals surface area contributed by atoms with Crippen LogP contribution in [-0.2, 0) is 6.42 Å². The molecule has 1 aromatic heterocycles. The van der Waals surface area contributed by atoms with Crippen LogP contribution < -0.4 is 5.32 Å². The molecule has 1 atom stereocenters. The molecule has 18 heavy (non-hydrogen) atoms. The summed E-state index contributed by atoms with van der Waals surface area (Å²) in [6, 6.07) is 2.99. The second-order valence-corrected chi connectivity index (χ2v) is 7.12. The van der Waals surface area contributed by atoms with Crippen LogP contribution in [0.15, 0.2) is 16.8 Å². The molecule has 1 saturated heterocycles. The van der Waals surface area contributed by atoms with Gasteiger partial charge < -0.3 is 5.32 Å². The summed E-state index contributed by atoms with van der Waals surface area (Å²) < 4.78 is 0. The first-order chi connectivity index (χ1) is 8.54. The predicted molar refractivity (Wildman–Crippen MR) is 80.4 cm³/mol. The van der Waals surface area contributed by atoms with Gasteiger partial charge in [0.25, 0.3) is 0 Å². The van der Waals surface area contributed by atoms with E-state index in [0.717, 1.165) is 12.6 Å². The van der Waals surface area contributed by atoms with Crippen molar-refractivity contribution in [1.82, 2.24) is 10.2 Å². The van der Waals surface area contributed by atoms with Gasteiger partial charge in [-0.1, -0.05) is 0 Å². The lowest BCUT2D eigenvalue weighted by atomic mass is 10.1. The number of hydrogen-bond donors (Lipinski definition) is 1. The fraction of sp³-hybridized carbons (Fsp3) is 0.733. The van der Waals surface area contributed by atoms with Crippen molar-refractivity contribution >= 4 is 11.3 Å². The minimum Gasteiger partial charge on any atom is -0.311 e. The van der Waals surface area contributed by atoms with Gasteiger partial charge in [-0.15, -0.1) is 0 Å². The van der Waals surface area contributed by atoms with Crippen molar-refractivity contribution in [3.63, 3.8) is 0 Å². The Balaban J connectivity index is 1.76. The average Bonchev–Trinajstić information content (AvgIpc) is 2.94. The molecule has 1 aromatic rings. The van der Waals surface area contributed by atoms with Crippen LogP contribution in [0.5, 0.6) is 0 Å². The molecule has 0 amide bonds. The molecule has 1 fully saturated rings.